The van der Waals surface area contributed by atoms with Gasteiger partial charge in [0.05, 0.1) is 16.9 Å². The number of hydrogen-bond donors (Lipinski definition) is 2. The monoisotopic (exact) mass is 477 g/mol. The number of H-pyrrole nitrogens is 1. The highest BCUT2D eigenvalue weighted by atomic mass is 15.2. The van der Waals surface area contributed by atoms with E-state index in [0.29, 0.717) is 5.56 Å². The number of nitrogens with zero attached hydrogens (tertiary/aromatic N) is 5. The molecule has 1 aromatic carbocycles. The standard InChI is InChI=1S/C29H31N7/c1-20-25-10-11-31-28(25)9-8-27(20)34-29-23(16-30)18-32-21(2)26(29)7-6-24-5-4-22(17-33-24)19-36-14-12-35(3)13-15-36/h4-11,17-18,31H,12-15,19H2,1-3H3,(H,32,34)/b7-6+. The molecule has 1 aliphatic rings. The Labute approximate surface area is 212 Å². The average Bonchev–Trinajstić information content (AvgIpc) is 3.37. The molecule has 3 aromatic heterocycles. The number of hydrogen-bond acceptors (Lipinski definition) is 6. The first-order chi connectivity index (χ1) is 17.5. The number of aromatic nitrogens is 3. The smallest absolute Gasteiger partial charge is 0.103 e. The van der Waals surface area contributed by atoms with Crippen LogP contribution in [0.15, 0.2) is 48.9 Å². The zero-order valence-electron chi connectivity index (χ0n) is 21.0. The molecule has 1 saturated heterocycles. The van der Waals surface area contributed by atoms with Crippen LogP contribution >= 0.6 is 0 Å². The maximum absolute atomic E-state index is 9.81. The van der Waals surface area contributed by atoms with Gasteiger partial charge in [0.1, 0.15) is 6.07 Å². The topological polar surface area (TPSA) is 83.9 Å². The van der Waals surface area contributed by atoms with E-state index in [0.717, 1.165) is 77.5 Å². The molecule has 0 saturated carbocycles. The second-order valence-corrected chi connectivity index (χ2v) is 9.46. The van der Waals surface area contributed by atoms with Crippen LogP contribution in [0.3, 0.4) is 0 Å². The lowest BCUT2D eigenvalue weighted by Gasteiger charge is -2.32. The first-order valence-electron chi connectivity index (χ1n) is 12.3. The van der Waals surface area contributed by atoms with E-state index in [1.54, 1.807) is 6.20 Å². The number of nitrogens with one attached hydrogen (secondary N) is 2. The van der Waals surface area contributed by atoms with Gasteiger partial charge in [-0.05, 0) is 68.4 Å². The number of likely N-dealkylation sites (N-methyl/N-ethyl adjacent to an activating group) is 1. The molecule has 7 nitrogen and oxygen atoms in total. The second kappa shape index (κ2) is 10.3. The molecule has 7 heteroatoms. The molecule has 1 aliphatic heterocycles. The van der Waals surface area contributed by atoms with Crippen LogP contribution in [-0.4, -0.2) is 58.0 Å². The van der Waals surface area contributed by atoms with E-state index in [9.17, 15) is 5.26 Å². The lowest BCUT2D eigenvalue weighted by molar-refractivity contribution is 0.148. The molecule has 2 N–H and O–H groups in total. The molecule has 0 atom stereocenters. The Morgan fingerprint density at radius 3 is 2.61 bits per heavy atom. The number of aryl methyl sites for hydroxylation is 2. The van der Waals surface area contributed by atoms with E-state index in [2.05, 4.69) is 68.3 Å². The Bertz CT molecular complexity index is 1440. The second-order valence-electron chi connectivity index (χ2n) is 9.46. The predicted octanol–water partition coefficient (Wildman–Crippen LogP) is 5.11. The van der Waals surface area contributed by atoms with Crippen LogP contribution in [0.1, 0.15) is 33.6 Å². The van der Waals surface area contributed by atoms with Gasteiger partial charge in [0.2, 0.25) is 0 Å². The molecule has 36 heavy (non-hydrogen) atoms. The van der Waals surface area contributed by atoms with Gasteiger partial charge in [-0.2, -0.15) is 5.26 Å². The van der Waals surface area contributed by atoms with Crippen molar-refractivity contribution in [3.05, 3.63) is 82.6 Å². The summed E-state index contributed by atoms with van der Waals surface area (Å²) in [5.41, 5.74) is 8.26. The van der Waals surface area contributed by atoms with Crippen LogP contribution in [0.4, 0.5) is 11.4 Å². The SMILES string of the molecule is Cc1ncc(C#N)c(Nc2ccc3[nH]ccc3c2C)c1/C=C/c1ccc(CN2CCN(C)CC2)cn1. The number of rotatable bonds is 6. The van der Waals surface area contributed by atoms with E-state index < -0.39 is 0 Å². The third kappa shape index (κ3) is 5.01. The van der Waals surface area contributed by atoms with Crippen LogP contribution in [0.25, 0.3) is 23.1 Å². The molecule has 4 aromatic rings. The Morgan fingerprint density at radius 1 is 1.03 bits per heavy atom. The maximum atomic E-state index is 9.81. The number of piperazine rings is 1. The molecule has 0 unspecified atom stereocenters. The number of aromatic amines is 1. The molecule has 0 spiro atoms. The van der Waals surface area contributed by atoms with Gasteiger partial charge in [0, 0.05) is 79.2 Å². The fraction of sp³-hybridized carbons (Fsp3) is 0.276. The van der Waals surface area contributed by atoms with Crippen molar-refractivity contribution in [1.29, 1.82) is 5.26 Å². The maximum Gasteiger partial charge on any atom is 0.103 e. The van der Waals surface area contributed by atoms with Crippen molar-refractivity contribution in [2.24, 2.45) is 0 Å². The highest BCUT2D eigenvalue weighted by molar-refractivity contribution is 5.90. The van der Waals surface area contributed by atoms with Crippen LogP contribution in [0.5, 0.6) is 0 Å². The van der Waals surface area contributed by atoms with Gasteiger partial charge in [-0.1, -0.05) is 6.07 Å². The first-order valence-corrected chi connectivity index (χ1v) is 12.3. The van der Waals surface area contributed by atoms with Crippen molar-refractivity contribution in [3.8, 4) is 6.07 Å². The van der Waals surface area contributed by atoms with Gasteiger partial charge < -0.3 is 15.2 Å². The molecule has 182 valence electrons. The summed E-state index contributed by atoms with van der Waals surface area (Å²) >= 11 is 0. The lowest BCUT2D eigenvalue weighted by atomic mass is 10.0. The third-order valence-electron chi connectivity index (χ3n) is 6.97. The summed E-state index contributed by atoms with van der Waals surface area (Å²) in [5, 5.41) is 14.5. The summed E-state index contributed by atoms with van der Waals surface area (Å²) in [7, 11) is 2.17. The van der Waals surface area contributed by atoms with Crippen molar-refractivity contribution in [1.82, 2.24) is 24.8 Å². The summed E-state index contributed by atoms with van der Waals surface area (Å²) < 4.78 is 0. The molecule has 5 rings (SSSR count). The van der Waals surface area contributed by atoms with Crippen LogP contribution < -0.4 is 5.32 Å². The Hall–Kier alpha value is -3.99. The molecule has 1 fully saturated rings. The minimum Gasteiger partial charge on any atom is -0.361 e. The lowest BCUT2D eigenvalue weighted by Crippen LogP contribution is -2.43. The van der Waals surface area contributed by atoms with E-state index in [4.69, 9.17) is 0 Å². The Balaban J connectivity index is 1.39. The molecular weight excluding hydrogens is 446 g/mol. The zero-order chi connectivity index (χ0) is 25.1. The molecule has 0 aliphatic carbocycles. The minimum absolute atomic E-state index is 0.504. The van der Waals surface area contributed by atoms with Gasteiger partial charge in [0.25, 0.3) is 0 Å². The van der Waals surface area contributed by atoms with E-state index in [1.807, 2.05) is 43.6 Å². The van der Waals surface area contributed by atoms with Crippen LogP contribution in [-0.2, 0) is 6.54 Å². The summed E-state index contributed by atoms with van der Waals surface area (Å²) in [4.78, 5) is 17.2. The summed E-state index contributed by atoms with van der Waals surface area (Å²) in [6, 6.07) is 12.7. The summed E-state index contributed by atoms with van der Waals surface area (Å²) in [6.45, 7) is 9.37. The van der Waals surface area contributed by atoms with E-state index in [1.165, 1.54) is 5.56 Å². The zero-order valence-corrected chi connectivity index (χ0v) is 21.0. The third-order valence-corrected chi connectivity index (χ3v) is 6.97. The highest BCUT2D eigenvalue weighted by Gasteiger charge is 2.15. The number of benzene rings is 1. The summed E-state index contributed by atoms with van der Waals surface area (Å²) in [5.74, 6) is 0. The van der Waals surface area contributed by atoms with Crippen LogP contribution in [0.2, 0.25) is 0 Å². The number of pyridine rings is 2. The minimum atomic E-state index is 0.504. The largest absolute Gasteiger partial charge is 0.361 e. The van der Waals surface area contributed by atoms with Crippen molar-refractivity contribution < 1.29 is 0 Å². The van der Waals surface area contributed by atoms with Gasteiger partial charge in [-0.3, -0.25) is 14.9 Å². The molecule has 0 bridgehead atoms. The molecular formula is C29H31N7. The summed E-state index contributed by atoms with van der Waals surface area (Å²) in [6.07, 6.45) is 9.51. The van der Waals surface area contributed by atoms with Gasteiger partial charge >= 0.3 is 0 Å². The van der Waals surface area contributed by atoms with Gasteiger partial charge in [-0.15, -0.1) is 0 Å². The van der Waals surface area contributed by atoms with E-state index in [-0.39, 0.29) is 0 Å². The number of nitriles is 1. The highest BCUT2D eigenvalue weighted by Crippen LogP contribution is 2.32. The fourth-order valence-corrected chi connectivity index (χ4v) is 4.66. The first kappa shape index (κ1) is 23.7. The van der Waals surface area contributed by atoms with Crippen LogP contribution in [0, 0.1) is 25.2 Å². The fourth-order valence-electron chi connectivity index (χ4n) is 4.66. The average molecular weight is 478 g/mol. The number of fused-ring (bicyclic) bond motifs is 1. The Morgan fingerprint density at radius 2 is 1.86 bits per heavy atom. The van der Waals surface area contributed by atoms with Crippen molar-refractivity contribution in [3.63, 3.8) is 0 Å². The molecule has 0 amide bonds. The van der Waals surface area contributed by atoms with Crippen molar-refractivity contribution in [2.75, 3.05) is 38.5 Å². The van der Waals surface area contributed by atoms with Crippen molar-refractivity contribution >= 4 is 34.4 Å². The molecule has 0 radical (unpaired) electrons. The van der Waals surface area contributed by atoms with Gasteiger partial charge in [0.15, 0.2) is 0 Å². The van der Waals surface area contributed by atoms with E-state index >= 15 is 0 Å². The van der Waals surface area contributed by atoms with Gasteiger partial charge in [-0.25, -0.2) is 0 Å². The van der Waals surface area contributed by atoms with Crippen molar-refractivity contribution in [2.45, 2.75) is 20.4 Å². The Kier molecular flexibility index (Phi) is 6.81. The quantitative estimate of drug-likeness (QED) is 0.402. The number of anilines is 2. The predicted molar refractivity (Wildman–Crippen MR) is 146 cm³/mol. The molecule has 4 heterocycles. The normalized spacial score (nSPS) is 14.9.